The van der Waals surface area contributed by atoms with Crippen molar-refractivity contribution in [2.75, 3.05) is 26.2 Å². The first-order chi connectivity index (χ1) is 15.3. The number of rotatable bonds is 3. The average molecular weight is 446 g/mol. The van der Waals surface area contributed by atoms with Gasteiger partial charge in [-0.25, -0.2) is 0 Å². The molecule has 4 unspecified atom stereocenters. The Bertz CT molecular complexity index is 850. The third-order valence-corrected chi connectivity index (χ3v) is 7.73. The fourth-order valence-electron chi connectivity index (χ4n) is 5.72. The van der Waals surface area contributed by atoms with Crippen LogP contribution < -0.4 is 10.6 Å². The van der Waals surface area contributed by atoms with Crippen molar-refractivity contribution < 1.29 is 24.0 Å². The van der Waals surface area contributed by atoms with Crippen LogP contribution in [0, 0.1) is 11.8 Å². The van der Waals surface area contributed by atoms with Crippen molar-refractivity contribution in [3.05, 3.63) is 0 Å². The minimum absolute atomic E-state index is 0.00738. The Morgan fingerprint density at radius 3 is 2.34 bits per heavy atom. The third kappa shape index (κ3) is 3.73. The van der Waals surface area contributed by atoms with Gasteiger partial charge in [-0.3, -0.25) is 24.0 Å². The van der Waals surface area contributed by atoms with Gasteiger partial charge in [-0.15, -0.1) is 0 Å². The van der Waals surface area contributed by atoms with Crippen LogP contribution >= 0.6 is 0 Å². The molecule has 32 heavy (non-hydrogen) atoms. The van der Waals surface area contributed by atoms with Crippen molar-refractivity contribution in [1.29, 1.82) is 0 Å². The SMILES string of the molecule is CC(=O)N1CCC(C(=O)N2CCC3NC(=O)C4CC(NC(=O)C5CC5)CN4C(=O)C32)CC1. The Hall–Kier alpha value is -2.65. The summed E-state index contributed by atoms with van der Waals surface area (Å²) in [7, 11) is 0. The molecule has 10 nitrogen and oxygen atoms in total. The summed E-state index contributed by atoms with van der Waals surface area (Å²) in [4.78, 5) is 68.5. The van der Waals surface area contributed by atoms with Gasteiger partial charge in [0.2, 0.25) is 29.5 Å². The first kappa shape index (κ1) is 21.2. The molecule has 5 amide bonds. The van der Waals surface area contributed by atoms with Crippen molar-refractivity contribution in [2.24, 2.45) is 11.8 Å². The second kappa shape index (κ2) is 8.04. The molecule has 0 aromatic rings. The Kier molecular flexibility index (Phi) is 5.33. The fourth-order valence-corrected chi connectivity index (χ4v) is 5.72. The summed E-state index contributed by atoms with van der Waals surface area (Å²) in [5.41, 5.74) is 0. The summed E-state index contributed by atoms with van der Waals surface area (Å²) in [6.07, 6.45) is 3.95. The van der Waals surface area contributed by atoms with Gasteiger partial charge >= 0.3 is 0 Å². The first-order valence-corrected chi connectivity index (χ1v) is 11.8. The fraction of sp³-hybridized carbons (Fsp3) is 0.773. The Morgan fingerprint density at radius 2 is 1.69 bits per heavy atom. The molecule has 5 fully saturated rings. The van der Waals surface area contributed by atoms with Crippen molar-refractivity contribution in [3.63, 3.8) is 0 Å². The number of likely N-dealkylation sites (tertiary alicyclic amines) is 2. The molecule has 4 heterocycles. The van der Waals surface area contributed by atoms with E-state index in [9.17, 15) is 24.0 Å². The molecule has 0 radical (unpaired) electrons. The molecule has 4 saturated heterocycles. The van der Waals surface area contributed by atoms with Gasteiger partial charge in [-0.2, -0.15) is 0 Å². The monoisotopic (exact) mass is 445 g/mol. The molecule has 0 spiro atoms. The van der Waals surface area contributed by atoms with Crippen molar-refractivity contribution in [2.45, 2.75) is 69.6 Å². The lowest BCUT2D eigenvalue weighted by molar-refractivity contribution is -0.148. The normalized spacial score (nSPS) is 32.8. The predicted molar refractivity (Wildman–Crippen MR) is 112 cm³/mol. The Labute approximate surface area is 187 Å². The molecule has 4 aliphatic heterocycles. The van der Waals surface area contributed by atoms with Crippen molar-refractivity contribution in [3.8, 4) is 0 Å². The molecule has 2 N–H and O–H groups in total. The van der Waals surface area contributed by atoms with Crippen LogP contribution in [0.3, 0.4) is 0 Å². The van der Waals surface area contributed by atoms with Gasteiger partial charge in [-0.1, -0.05) is 0 Å². The third-order valence-electron chi connectivity index (χ3n) is 7.73. The lowest BCUT2D eigenvalue weighted by Gasteiger charge is -2.35. The van der Waals surface area contributed by atoms with Gasteiger partial charge < -0.3 is 25.3 Å². The summed E-state index contributed by atoms with van der Waals surface area (Å²) in [5, 5.41) is 5.99. The van der Waals surface area contributed by atoms with Crippen LogP contribution in [0.4, 0.5) is 0 Å². The summed E-state index contributed by atoms with van der Waals surface area (Å²) >= 11 is 0. The summed E-state index contributed by atoms with van der Waals surface area (Å²) in [5.74, 6) is -0.570. The van der Waals surface area contributed by atoms with E-state index in [1.165, 1.54) is 6.92 Å². The predicted octanol–water partition coefficient (Wildman–Crippen LogP) is -1.16. The van der Waals surface area contributed by atoms with E-state index in [1.54, 1.807) is 14.7 Å². The zero-order valence-corrected chi connectivity index (χ0v) is 18.4. The summed E-state index contributed by atoms with van der Waals surface area (Å²) in [6, 6.07) is -1.91. The quantitative estimate of drug-likeness (QED) is 0.568. The number of fused-ring (bicyclic) bond motifs is 2. The number of carbonyl (C=O) groups excluding carboxylic acids is 5. The standard InChI is InChI=1S/C22H31N5O5/c1-12(28)25-7-4-14(5-8-25)21(31)26-9-6-16-18(26)22(32)27-11-15(10-17(27)20(30)24-16)23-19(29)13-2-3-13/h13-18H,2-11H2,1H3,(H,23,29)(H,24,30). The molecule has 0 bridgehead atoms. The van der Waals surface area contributed by atoms with Gasteiger partial charge in [0.15, 0.2) is 0 Å². The summed E-state index contributed by atoms with van der Waals surface area (Å²) in [6.45, 7) is 3.38. The van der Waals surface area contributed by atoms with Crippen LogP contribution in [0.25, 0.3) is 0 Å². The molecular weight excluding hydrogens is 414 g/mol. The number of nitrogens with one attached hydrogen (secondary N) is 2. The van der Waals surface area contributed by atoms with E-state index in [0.717, 1.165) is 12.8 Å². The molecule has 0 aromatic carbocycles. The van der Waals surface area contributed by atoms with E-state index in [4.69, 9.17) is 0 Å². The van der Waals surface area contributed by atoms with Gasteiger partial charge in [-0.05, 0) is 38.5 Å². The molecule has 0 aromatic heterocycles. The van der Waals surface area contributed by atoms with Gasteiger partial charge in [0.25, 0.3) is 0 Å². The Morgan fingerprint density at radius 1 is 0.969 bits per heavy atom. The number of hydrogen-bond donors (Lipinski definition) is 2. The number of nitrogens with zero attached hydrogens (tertiary/aromatic N) is 3. The summed E-state index contributed by atoms with van der Waals surface area (Å²) < 4.78 is 0. The van der Waals surface area contributed by atoms with Crippen LogP contribution in [0.5, 0.6) is 0 Å². The van der Waals surface area contributed by atoms with E-state index in [0.29, 0.717) is 51.9 Å². The molecule has 5 aliphatic rings. The van der Waals surface area contributed by atoms with Crippen molar-refractivity contribution in [1.82, 2.24) is 25.3 Å². The molecule has 5 rings (SSSR count). The molecule has 4 atom stereocenters. The Balaban J connectivity index is 1.28. The van der Waals surface area contributed by atoms with E-state index < -0.39 is 12.1 Å². The lowest BCUT2D eigenvalue weighted by atomic mass is 9.94. The van der Waals surface area contributed by atoms with Gasteiger partial charge in [0.05, 0.1) is 6.04 Å². The smallest absolute Gasteiger partial charge is 0.248 e. The minimum Gasteiger partial charge on any atom is -0.351 e. The zero-order chi connectivity index (χ0) is 22.6. The van der Waals surface area contributed by atoms with E-state index >= 15 is 0 Å². The molecule has 10 heteroatoms. The van der Waals surface area contributed by atoms with Crippen LogP contribution in [-0.4, -0.2) is 94.6 Å². The highest BCUT2D eigenvalue weighted by Crippen LogP contribution is 2.33. The van der Waals surface area contributed by atoms with Gasteiger partial charge in [0.1, 0.15) is 12.1 Å². The molecule has 174 valence electrons. The van der Waals surface area contributed by atoms with Gasteiger partial charge in [0, 0.05) is 51.0 Å². The molecular formula is C22H31N5O5. The number of piperidine rings is 1. The second-order valence-corrected chi connectivity index (χ2v) is 9.88. The molecule has 1 saturated carbocycles. The second-order valence-electron chi connectivity index (χ2n) is 9.88. The number of amides is 5. The van der Waals surface area contributed by atoms with Crippen LogP contribution in [-0.2, 0) is 24.0 Å². The topological polar surface area (TPSA) is 119 Å². The minimum atomic E-state index is -0.694. The average Bonchev–Trinajstić information content (AvgIpc) is 3.44. The van der Waals surface area contributed by atoms with Crippen LogP contribution in [0.15, 0.2) is 0 Å². The number of hydrogen-bond acceptors (Lipinski definition) is 5. The van der Waals surface area contributed by atoms with Crippen molar-refractivity contribution >= 4 is 29.5 Å². The zero-order valence-electron chi connectivity index (χ0n) is 18.4. The highest BCUT2D eigenvalue weighted by Gasteiger charge is 2.53. The maximum absolute atomic E-state index is 13.5. The lowest BCUT2D eigenvalue weighted by Crippen LogP contribution is -2.54. The van der Waals surface area contributed by atoms with E-state index in [1.807, 2.05) is 0 Å². The highest BCUT2D eigenvalue weighted by atomic mass is 16.2. The maximum atomic E-state index is 13.5. The van der Waals surface area contributed by atoms with E-state index in [-0.39, 0.29) is 53.5 Å². The largest absolute Gasteiger partial charge is 0.351 e. The first-order valence-electron chi connectivity index (χ1n) is 11.8. The number of carbonyl (C=O) groups is 5. The van der Waals surface area contributed by atoms with Crippen LogP contribution in [0.2, 0.25) is 0 Å². The van der Waals surface area contributed by atoms with Crippen LogP contribution in [0.1, 0.15) is 45.4 Å². The molecule has 1 aliphatic carbocycles. The van der Waals surface area contributed by atoms with E-state index in [2.05, 4.69) is 10.6 Å². The highest BCUT2D eigenvalue weighted by molar-refractivity contribution is 5.97. The maximum Gasteiger partial charge on any atom is 0.248 e.